The third-order valence-corrected chi connectivity index (χ3v) is 17.6. The Hall–Kier alpha value is -7.89. The van der Waals surface area contributed by atoms with Crippen LogP contribution >= 0.6 is 11.8 Å². The van der Waals surface area contributed by atoms with E-state index >= 15 is 0 Å². The number of ether oxygens (including phenoxy) is 4. The number of carboxylic acid groups (broad SMARTS) is 1. The fourth-order valence-corrected chi connectivity index (χ4v) is 10.9. The molecule has 2 atom stereocenters. The summed E-state index contributed by atoms with van der Waals surface area (Å²) >= 11 is 1.43. The maximum Gasteiger partial charge on any atom is 0.304 e. The second-order valence-corrected chi connectivity index (χ2v) is 26.5. The van der Waals surface area contributed by atoms with E-state index in [2.05, 4.69) is 20.9 Å². The van der Waals surface area contributed by atoms with E-state index in [1.165, 1.54) is 84.1 Å². The number of hydrogen-bond acceptors (Lipinski definition) is 23. The topological polar surface area (TPSA) is 527 Å². The second-order valence-electron chi connectivity index (χ2n) is 24.0. The summed E-state index contributed by atoms with van der Waals surface area (Å²) in [5.41, 5.74) is 28.8. The molecule has 0 heterocycles. The molecular weight excluding hydrogens is 1380 g/mol. The summed E-state index contributed by atoms with van der Waals surface area (Å²) in [6.07, 6.45) is 4.80. The van der Waals surface area contributed by atoms with Crippen LogP contribution in [-0.2, 0) is 92.9 Å². The van der Waals surface area contributed by atoms with Crippen molar-refractivity contribution in [2.24, 2.45) is 38.8 Å². The molecule has 0 spiro atoms. The molecule has 0 unspecified atom stereocenters. The van der Waals surface area contributed by atoms with E-state index in [1.54, 1.807) is 0 Å². The number of nitrogens with zero attached hydrogens (tertiary/aromatic N) is 9. The van der Waals surface area contributed by atoms with E-state index in [-0.39, 0.29) is 154 Å². The first kappa shape index (κ1) is 90.2. The van der Waals surface area contributed by atoms with Crippen LogP contribution in [0.15, 0.2) is 34.2 Å². The van der Waals surface area contributed by atoms with Gasteiger partial charge in [-0.05, 0) is 107 Å². The summed E-state index contributed by atoms with van der Waals surface area (Å²) in [5.74, 6) is -8.50. The zero-order chi connectivity index (χ0) is 76.2. The van der Waals surface area contributed by atoms with Crippen LogP contribution in [0.25, 0.3) is 0 Å². The Morgan fingerprint density at radius 1 is 0.559 bits per heavy atom. The molecule has 102 heavy (non-hydrogen) atoms. The van der Waals surface area contributed by atoms with Crippen LogP contribution in [0.1, 0.15) is 69.8 Å². The van der Waals surface area contributed by atoms with E-state index in [4.69, 9.17) is 57.9 Å². The number of nitrogens with one attached hydrogen (secondary N) is 3. The highest BCUT2D eigenvalue weighted by molar-refractivity contribution is 7.98. The molecule has 1 aliphatic carbocycles. The second kappa shape index (κ2) is 50.5. The Labute approximate surface area is 601 Å². The number of carbonyl (C=O) groups is 12. The zero-order valence-electron chi connectivity index (χ0n) is 59.6. The van der Waals surface area contributed by atoms with Gasteiger partial charge in [0.15, 0.2) is 5.96 Å². The van der Waals surface area contributed by atoms with Crippen molar-refractivity contribution in [3.63, 3.8) is 0 Å². The summed E-state index contributed by atoms with van der Waals surface area (Å²) in [5, 5.41) is 22.4. The van der Waals surface area contributed by atoms with E-state index in [1.807, 2.05) is 6.26 Å². The number of unbranched alkanes of at least 4 members (excludes halogenated alkanes) is 2. The quantitative estimate of drug-likeness (QED) is 0.0165. The minimum absolute atomic E-state index is 0.00301. The molecule has 37 nitrogen and oxygen atoms in total. The van der Waals surface area contributed by atoms with Crippen LogP contribution in [0.5, 0.6) is 0 Å². The van der Waals surface area contributed by atoms with Gasteiger partial charge in [-0.1, -0.05) is 12.1 Å². The smallest absolute Gasteiger partial charge is 0.304 e. The molecule has 1 aliphatic rings. The largest absolute Gasteiger partial charge is 0.481 e. The molecule has 0 aromatic heterocycles. The molecule has 1 aromatic rings. The highest BCUT2D eigenvalue weighted by Crippen LogP contribution is 2.27. The lowest BCUT2D eigenvalue weighted by Crippen LogP contribution is -2.55. The number of nitrogens with two attached hydrogens (primary N) is 6. The highest BCUT2D eigenvalue weighted by atomic mass is 32.2. The maximum absolute atomic E-state index is 14.7. The summed E-state index contributed by atoms with van der Waals surface area (Å²) in [6, 6.07) is 3.02. The number of thioether (sulfide) groups is 1. The molecule has 0 saturated heterocycles. The first-order valence-corrected chi connectivity index (χ1v) is 36.6. The Bertz CT molecular complexity index is 2970. The first-order valence-electron chi connectivity index (χ1n) is 33.6. The first-order chi connectivity index (χ1) is 48.6. The number of carbonyl (C=O) groups excluding carboxylic acids is 11. The Morgan fingerprint density at radius 2 is 0.980 bits per heavy atom. The van der Waals surface area contributed by atoms with Crippen molar-refractivity contribution in [1.82, 2.24) is 55.1 Å². The molecule has 39 heteroatoms. The molecule has 1 saturated carbocycles. The van der Waals surface area contributed by atoms with E-state index in [9.17, 15) is 66.0 Å². The van der Waals surface area contributed by atoms with Gasteiger partial charge in [-0.25, -0.2) is 13.6 Å². The van der Waals surface area contributed by atoms with Crippen LogP contribution in [0.2, 0.25) is 0 Å². The Morgan fingerprint density at radius 3 is 1.36 bits per heavy atom. The Balaban J connectivity index is 2.50. The van der Waals surface area contributed by atoms with Crippen molar-refractivity contribution in [2.75, 3.05) is 198 Å². The van der Waals surface area contributed by atoms with Crippen LogP contribution in [0.3, 0.4) is 0 Å². The number of primary sulfonamides is 1. The minimum atomic E-state index is -4.04. The molecule has 0 radical (unpaired) electrons. The van der Waals surface area contributed by atoms with Crippen LogP contribution in [0, 0.1) is 0 Å². The van der Waals surface area contributed by atoms with Gasteiger partial charge < -0.3 is 108 Å². The third-order valence-electron chi connectivity index (χ3n) is 16.0. The summed E-state index contributed by atoms with van der Waals surface area (Å²) in [7, 11) is 1.43. The average molecular weight is 1490 g/mol. The molecule has 1 aromatic carbocycles. The molecule has 1 fully saturated rings. The number of aliphatic imine (C=N–C) groups is 1. The molecule has 578 valence electrons. The normalized spacial score (nSPS) is 12.4. The lowest BCUT2D eigenvalue weighted by atomic mass is 10.1. The maximum atomic E-state index is 14.7. The molecule has 11 amide bonds. The standard InChI is InChI=1S/C63H110N18O19S2/c1-97-32-28-77(38-51(82)72-50(11-10-23-71-63(67)68)62(94)73-49(61(66)93)20-36-101-5)55(86)42-78(29-33-98-2)57(88)44-80(31-35-100-4)58(89)43-79(30-34-99-3)56(87)40-75(26-9-7-22-65)53(84)39-74(25-8-6-21-64)54(85)41-76(27-19-46-12-16-48(17-13-46)102(69,95)96)59(90)45-81(47-14-15-47)52(83)37-70-24-18-60(91)92/h12-13,16-17,47,49-50,70H,6-11,14-15,18-45,64-65H2,1-5H3,(H2,66,93)(H,72,82)(H,73,94)(H,91,92)(H4,67,68,71)(H2,69,95,96)/t49-,50-/m0/s1. The fraction of sp³-hybridized carbons (Fsp3) is 0.698. The molecular formula is C63H110N18O19S2. The van der Waals surface area contributed by atoms with Crippen molar-refractivity contribution in [3.8, 4) is 0 Å². The van der Waals surface area contributed by atoms with Gasteiger partial charge in [0, 0.05) is 93.4 Å². The number of sulfonamides is 1. The lowest BCUT2D eigenvalue weighted by molar-refractivity contribution is -0.149. The Kier molecular flexibility index (Phi) is 44.6. The SMILES string of the molecule is COCCN(CC(=O)N[C@@H](CCCN=C(N)N)C(=O)N[C@@H](CCSC)C(N)=O)C(=O)CN(CCOC)C(=O)CN(CCOC)C(=O)CN(CCOC)C(=O)CN(CCCCN)C(=O)CN(CCCCN)C(=O)CN(CCc1ccc(S(N)(=O)=O)cc1)C(=O)CN(C(=O)CNCCC(=O)O)C1CC1. The molecule has 2 rings (SSSR count). The van der Waals surface area contributed by atoms with Gasteiger partial charge in [0.2, 0.25) is 75.0 Å². The third kappa shape index (κ3) is 36.8. The predicted molar refractivity (Wildman–Crippen MR) is 377 cm³/mol. The number of hydrogen-bond donors (Lipinski definition) is 10. The number of methoxy groups -OCH3 is 4. The molecule has 0 bridgehead atoms. The van der Waals surface area contributed by atoms with Gasteiger partial charge in [0.1, 0.15) is 18.6 Å². The lowest BCUT2D eigenvalue weighted by Gasteiger charge is -2.32. The van der Waals surface area contributed by atoms with E-state index in [0.29, 0.717) is 49.8 Å². The molecule has 0 aliphatic heterocycles. The zero-order valence-corrected chi connectivity index (χ0v) is 61.2. The van der Waals surface area contributed by atoms with E-state index < -0.39 is 145 Å². The van der Waals surface area contributed by atoms with Gasteiger partial charge in [0.25, 0.3) is 0 Å². The molecule has 16 N–H and O–H groups in total. The van der Waals surface area contributed by atoms with Crippen LogP contribution in [-0.4, -0.2) is 346 Å². The highest BCUT2D eigenvalue weighted by Gasteiger charge is 2.36. The fourth-order valence-electron chi connectivity index (χ4n) is 9.96. The van der Waals surface area contributed by atoms with Crippen LogP contribution in [0.4, 0.5) is 0 Å². The van der Waals surface area contributed by atoms with Gasteiger partial charge in [-0.15, -0.1) is 0 Å². The predicted octanol–water partition coefficient (Wildman–Crippen LogP) is -5.94. The van der Waals surface area contributed by atoms with Gasteiger partial charge in [-0.3, -0.25) is 62.5 Å². The van der Waals surface area contributed by atoms with Crippen LogP contribution < -0.4 is 49.8 Å². The van der Waals surface area contributed by atoms with Gasteiger partial charge in [0.05, 0.1) is 90.1 Å². The van der Waals surface area contributed by atoms with Crippen molar-refractivity contribution < 1.29 is 90.0 Å². The van der Waals surface area contributed by atoms with Crippen molar-refractivity contribution in [2.45, 2.75) is 93.7 Å². The number of benzene rings is 1. The van der Waals surface area contributed by atoms with Gasteiger partial charge >= 0.3 is 5.97 Å². The van der Waals surface area contributed by atoms with E-state index in [0.717, 1.165) is 19.6 Å². The van der Waals surface area contributed by atoms with Crippen molar-refractivity contribution in [1.29, 1.82) is 0 Å². The monoisotopic (exact) mass is 1490 g/mol. The number of rotatable bonds is 57. The number of guanidine groups is 1. The summed E-state index contributed by atoms with van der Waals surface area (Å²) in [4.78, 5) is 179. The number of carboxylic acids is 1. The minimum Gasteiger partial charge on any atom is -0.481 e. The average Bonchev–Trinajstić information content (AvgIpc) is 1.61. The van der Waals surface area contributed by atoms with Gasteiger partial charge in [-0.2, -0.15) is 11.8 Å². The number of amides is 11. The van der Waals surface area contributed by atoms with Crippen molar-refractivity contribution in [3.05, 3.63) is 29.8 Å². The van der Waals surface area contributed by atoms with Crippen molar-refractivity contribution >= 4 is 98.7 Å². The summed E-state index contributed by atoms with van der Waals surface area (Å²) < 4.78 is 45.2. The number of aliphatic carboxylic acids is 1. The number of primary amides is 1. The summed E-state index contributed by atoms with van der Waals surface area (Å²) in [6.45, 7) is -5.64.